The first-order chi connectivity index (χ1) is 17.4. The molecule has 8 heteroatoms. The summed E-state index contributed by atoms with van der Waals surface area (Å²) in [6.45, 7) is 6.02. The first-order valence-electron chi connectivity index (χ1n) is 12.1. The molecule has 0 saturated carbocycles. The number of nitrogens with one attached hydrogen (secondary N) is 1. The minimum absolute atomic E-state index is 0.00751. The van der Waals surface area contributed by atoms with Crippen molar-refractivity contribution in [1.29, 1.82) is 0 Å². The van der Waals surface area contributed by atoms with Gasteiger partial charge in [0.25, 0.3) is 5.91 Å². The molecule has 3 amide bonds. The number of hydrogen-bond acceptors (Lipinski definition) is 4. The molecule has 5 rings (SSSR count). The van der Waals surface area contributed by atoms with Gasteiger partial charge in [-0.2, -0.15) is 0 Å². The van der Waals surface area contributed by atoms with Crippen LogP contribution in [-0.4, -0.2) is 59.1 Å². The van der Waals surface area contributed by atoms with E-state index in [1.165, 1.54) is 0 Å². The second-order valence-corrected chi connectivity index (χ2v) is 10.1. The van der Waals surface area contributed by atoms with Crippen molar-refractivity contribution in [3.8, 4) is 5.75 Å². The maximum absolute atomic E-state index is 13.7. The molecular formula is C28H30N4O3S. The molecule has 2 aromatic carbocycles. The van der Waals surface area contributed by atoms with Crippen molar-refractivity contribution in [1.82, 2.24) is 14.4 Å². The van der Waals surface area contributed by atoms with Crippen LogP contribution in [0.25, 0.3) is 10.2 Å². The molecule has 4 aromatic rings. The summed E-state index contributed by atoms with van der Waals surface area (Å²) in [5.74, 6) is 0.788. The number of ether oxygens (including phenoxy) is 1. The van der Waals surface area contributed by atoms with Crippen molar-refractivity contribution >= 4 is 39.2 Å². The Morgan fingerprint density at radius 1 is 1.08 bits per heavy atom. The van der Waals surface area contributed by atoms with Gasteiger partial charge >= 0.3 is 6.03 Å². The number of piperazine rings is 1. The summed E-state index contributed by atoms with van der Waals surface area (Å²) in [7, 11) is 1.66. The van der Waals surface area contributed by atoms with Gasteiger partial charge in [-0.1, -0.05) is 24.3 Å². The number of aromatic nitrogens is 1. The maximum Gasteiger partial charge on any atom is 0.322 e. The highest BCUT2D eigenvalue weighted by molar-refractivity contribution is 7.16. The zero-order valence-electron chi connectivity index (χ0n) is 20.7. The molecule has 186 valence electrons. The average molecular weight is 503 g/mol. The Hall–Kier alpha value is -3.78. The standard InChI is InChI=1S/C28H30N4O3S/c1-19-6-4-8-23(14-19)29-28(34)31-12-11-30(17-20(31)2)26(33)25-16-22-10-13-36-27(22)32(25)18-21-7-5-9-24(15-21)35-3/h4-10,13-16,20H,11-12,17-18H2,1-3H3,(H,29,34)/t20-/m0/s1. The normalized spacial score (nSPS) is 15.8. The van der Waals surface area contributed by atoms with E-state index in [4.69, 9.17) is 4.74 Å². The molecule has 0 spiro atoms. The fourth-order valence-electron chi connectivity index (χ4n) is 4.79. The predicted molar refractivity (Wildman–Crippen MR) is 144 cm³/mol. The lowest BCUT2D eigenvalue weighted by molar-refractivity contribution is 0.0583. The number of hydrogen-bond donors (Lipinski definition) is 1. The number of urea groups is 1. The number of amides is 3. The molecule has 2 aromatic heterocycles. The Balaban J connectivity index is 1.32. The lowest BCUT2D eigenvalue weighted by Crippen LogP contribution is -2.56. The fourth-order valence-corrected chi connectivity index (χ4v) is 5.68. The molecule has 7 nitrogen and oxygen atoms in total. The molecule has 1 aliphatic heterocycles. The maximum atomic E-state index is 13.7. The largest absolute Gasteiger partial charge is 0.497 e. The molecule has 1 fully saturated rings. The van der Waals surface area contributed by atoms with E-state index in [1.807, 2.05) is 73.3 Å². The minimum atomic E-state index is -0.137. The van der Waals surface area contributed by atoms with Crippen LogP contribution in [0.4, 0.5) is 10.5 Å². The molecule has 1 saturated heterocycles. The molecule has 1 atom stereocenters. The molecule has 0 unspecified atom stereocenters. The number of fused-ring (bicyclic) bond motifs is 1. The Kier molecular flexibility index (Phi) is 6.69. The highest BCUT2D eigenvalue weighted by Gasteiger charge is 2.32. The summed E-state index contributed by atoms with van der Waals surface area (Å²) >= 11 is 1.63. The second kappa shape index (κ2) is 10.1. The van der Waals surface area contributed by atoms with Crippen molar-refractivity contribution < 1.29 is 14.3 Å². The number of anilines is 1. The van der Waals surface area contributed by atoms with Gasteiger partial charge in [-0.15, -0.1) is 11.3 Å². The van der Waals surface area contributed by atoms with Crippen LogP contribution in [0.3, 0.4) is 0 Å². The Morgan fingerprint density at radius 2 is 1.92 bits per heavy atom. The number of carbonyl (C=O) groups is 2. The molecule has 36 heavy (non-hydrogen) atoms. The number of thiophene rings is 1. The fraction of sp³-hybridized carbons (Fsp3) is 0.286. The average Bonchev–Trinajstić information content (AvgIpc) is 3.46. The third-order valence-electron chi connectivity index (χ3n) is 6.64. The summed E-state index contributed by atoms with van der Waals surface area (Å²) in [6.07, 6.45) is 0. The monoisotopic (exact) mass is 502 g/mol. The van der Waals surface area contributed by atoms with Crippen LogP contribution in [0.1, 0.15) is 28.5 Å². The molecule has 0 aliphatic carbocycles. The molecular weight excluding hydrogens is 472 g/mol. The lowest BCUT2D eigenvalue weighted by Gasteiger charge is -2.39. The van der Waals surface area contributed by atoms with Crippen LogP contribution in [0.2, 0.25) is 0 Å². The van der Waals surface area contributed by atoms with E-state index >= 15 is 0 Å². The molecule has 0 bridgehead atoms. The number of benzene rings is 2. The number of methoxy groups -OCH3 is 1. The third kappa shape index (κ3) is 4.81. The van der Waals surface area contributed by atoms with Gasteiger partial charge in [0.2, 0.25) is 0 Å². The predicted octanol–water partition coefficient (Wildman–Crippen LogP) is 5.45. The summed E-state index contributed by atoms with van der Waals surface area (Å²) in [4.78, 5) is 31.4. The quantitative estimate of drug-likeness (QED) is 0.395. The van der Waals surface area contributed by atoms with Gasteiger partial charge in [-0.25, -0.2) is 4.79 Å². The summed E-state index contributed by atoms with van der Waals surface area (Å²) in [5, 5.41) is 6.10. The van der Waals surface area contributed by atoms with Gasteiger partial charge in [0, 0.05) is 43.3 Å². The van der Waals surface area contributed by atoms with Gasteiger partial charge in [0.15, 0.2) is 0 Å². The van der Waals surface area contributed by atoms with Crippen molar-refractivity contribution in [3.63, 3.8) is 0 Å². The zero-order chi connectivity index (χ0) is 25.2. The molecule has 3 heterocycles. The van der Waals surface area contributed by atoms with Gasteiger partial charge < -0.3 is 24.4 Å². The number of rotatable bonds is 5. The van der Waals surface area contributed by atoms with Gasteiger partial charge in [0.05, 0.1) is 7.11 Å². The van der Waals surface area contributed by atoms with Crippen LogP contribution in [0, 0.1) is 6.92 Å². The van der Waals surface area contributed by atoms with E-state index < -0.39 is 0 Å². The van der Waals surface area contributed by atoms with E-state index in [1.54, 1.807) is 23.3 Å². The molecule has 1 aliphatic rings. The van der Waals surface area contributed by atoms with Gasteiger partial charge in [-0.05, 0) is 66.8 Å². The molecule has 1 N–H and O–H groups in total. The minimum Gasteiger partial charge on any atom is -0.497 e. The lowest BCUT2D eigenvalue weighted by atomic mass is 10.1. The van der Waals surface area contributed by atoms with Crippen LogP contribution in [0.5, 0.6) is 5.75 Å². The topological polar surface area (TPSA) is 66.8 Å². The van der Waals surface area contributed by atoms with E-state index in [0.717, 1.165) is 32.8 Å². The van der Waals surface area contributed by atoms with Crippen LogP contribution >= 0.6 is 11.3 Å². The Bertz CT molecular complexity index is 1410. The highest BCUT2D eigenvalue weighted by atomic mass is 32.1. The van der Waals surface area contributed by atoms with E-state index in [-0.39, 0.29) is 18.0 Å². The SMILES string of the molecule is COc1cccc(Cn2c(C(=O)N3CCN(C(=O)Nc4cccc(C)c4)[C@@H](C)C3)cc3ccsc32)c1. The van der Waals surface area contributed by atoms with E-state index in [2.05, 4.69) is 21.3 Å². The second-order valence-electron chi connectivity index (χ2n) is 9.24. The summed E-state index contributed by atoms with van der Waals surface area (Å²) in [6, 6.07) is 19.5. The highest BCUT2D eigenvalue weighted by Crippen LogP contribution is 2.28. The Morgan fingerprint density at radius 3 is 2.69 bits per heavy atom. The van der Waals surface area contributed by atoms with E-state index in [9.17, 15) is 9.59 Å². The number of carbonyl (C=O) groups excluding carboxylic acids is 2. The third-order valence-corrected chi connectivity index (χ3v) is 7.59. The van der Waals surface area contributed by atoms with Gasteiger partial charge in [-0.3, -0.25) is 4.79 Å². The first kappa shape index (κ1) is 23.9. The van der Waals surface area contributed by atoms with E-state index in [0.29, 0.717) is 31.9 Å². The van der Waals surface area contributed by atoms with Gasteiger partial charge in [0.1, 0.15) is 16.3 Å². The Labute approximate surface area is 214 Å². The summed E-state index contributed by atoms with van der Waals surface area (Å²) < 4.78 is 7.48. The zero-order valence-corrected chi connectivity index (χ0v) is 21.5. The van der Waals surface area contributed by atoms with Crippen LogP contribution < -0.4 is 10.1 Å². The smallest absolute Gasteiger partial charge is 0.322 e. The van der Waals surface area contributed by atoms with Crippen LogP contribution in [-0.2, 0) is 6.54 Å². The first-order valence-corrected chi connectivity index (χ1v) is 12.9. The summed E-state index contributed by atoms with van der Waals surface area (Å²) in [5.41, 5.74) is 3.61. The number of aryl methyl sites for hydroxylation is 1. The van der Waals surface area contributed by atoms with Crippen molar-refractivity contribution in [2.24, 2.45) is 0 Å². The van der Waals surface area contributed by atoms with Crippen molar-refractivity contribution in [2.75, 3.05) is 32.1 Å². The molecule has 0 radical (unpaired) electrons. The van der Waals surface area contributed by atoms with Crippen molar-refractivity contribution in [3.05, 3.63) is 82.9 Å². The van der Waals surface area contributed by atoms with Crippen molar-refractivity contribution in [2.45, 2.75) is 26.4 Å². The number of nitrogens with zero attached hydrogens (tertiary/aromatic N) is 3. The van der Waals surface area contributed by atoms with Crippen LogP contribution in [0.15, 0.2) is 66.0 Å².